The third-order valence-corrected chi connectivity index (χ3v) is 6.72. The predicted molar refractivity (Wildman–Crippen MR) is 97.6 cm³/mol. The van der Waals surface area contributed by atoms with Crippen molar-refractivity contribution in [2.24, 2.45) is 5.41 Å². The lowest BCUT2D eigenvalue weighted by Crippen LogP contribution is -2.48. The molecule has 6 heteroatoms. The summed E-state index contributed by atoms with van der Waals surface area (Å²) in [6.07, 6.45) is 10.5. The Kier molecular flexibility index (Phi) is 6.58. The summed E-state index contributed by atoms with van der Waals surface area (Å²) in [5, 5.41) is 12.5. The van der Waals surface area contributed by atoms with Crippen LogP contribution < -0.4 is 5.32 Å². The lowest BCUT2D eigenvalue weighted by Gasteiger charge is -2.44. The Labute approximate surface area is 151 Å². The normalized spacial score (nSPS) is 29.9. The van der Waals surface area contributed by atoms with E-state index in [0.29, 0.717) is 24.9 Å². The molecule has 1 aliphatic carbocycles. The Balaban J connectivity index is 1.36. The molecule has 0 aromatic heterocycles. The first-order valence-electron chi connectivity index (χ1n) is 10.1. The summed E-state index contributed by atoms with van der Waals surface area (Å²) < 4.78 is 5.34. The number of carbonyl (C=O) groups excluding carboxylic acids is 1. The highest BCUT2D eigenvalue weighted by Crippen LogP contribution is 2.44. The fourth-order valence-corrected chi connectivity index (χ4v) is 4.94. The van der Waals surface area contributed by atoms with E-state index in [0.717, 1.165) is 6.54 Å². The van der Waals surface area contributed by atoms with Gasteiger partial charge in [-0.2, -0.15) is 0 Å². The van der Waals surface area contributed by atoms with Gasteiger partial charge in [0.05, 0.1) is 18.8 Å². The molecule has 0 unspecified atom stereocenters. The van der Waals surface area contributed by atoms with Crippen LogP contribution in [0.1, 0.15) is 51.4 Å². The highest BCUT2D eigenvalue weighted by Gasteiger charge is 2.36. The van der Waals surface area contributed by atoms with Gasteiger partial charge in [-0.25, -0.2) is 4.79 Å². The summed E-state index contributed by atoms with van der Waals surface area (Å²) in [4.78, 5) is 16.6. The molecule has 3 rings (SSSR count). The quantitative estimate of drug-likeness (QED) is 0.791. The fourth-order valence-electron chi connectivity index (χ4n) is 4.94. The van der Waals surface area contributed by atoms with Crippen molar-refractivity contribution in [2.75, 3.05) is 46.4 Å². The number of aliphatic hydroxyl groups is 1. The maximum atomic E-state index is 12.4. The molecule has 0 aromatic rings. The zero-order chi connectivity index (χ0) is 17.7. The molecule has 6 nitrogen and oxygen atoms in total. The molecule has 1 saturated carbocycles. The average Bonchev–Trinajstić information content (AvgIpc) is 3.08. The number of hydrogen-bond donors (Lipinski definition) is 2. The van der Waals surface area contributed by atoms with E-state index < -0.39 is 0 Å². The third kappa shape index (κ3) is 4.66. The second-order valence-electron chi connectivity index (χ2n) is 8.22. The molecule has 144 valence electrons. The van der Waals surface area contributed by atoms with E-state index in [4.69, 9.17) is 4.74 Å². The summed E-state index contributed by atoms with van der Waals surface area (Å²) in [7, 11) is 1.66. The van der Waals surface area contributed by atoms with Crippen molar-refractivity contribution in [1.29, 1.82) is 0 Å². The van der Waals surface area contributed by atoms with E-state index in [1.54, 1.807) is 12.0 Å². The maximum absolute atomic E-state index is 12.4. The molecule has 3 aliphatic rings. The van der Waals surface area contributed by atoms with Gasteiger partial charge >= 0.3 is 6.03 Å². The van der Waals surface area contributed by atoms with Crippen molar-refractivity contribution in [2.45, 2.75) is 63.5 Å². The van der Waals surface area contributed by atoms with Crippen molar-refractivity contribution in [1.82, 2.24) is 15.1 Å². The first kappa shape index (κ1) is 18.9. The SMILES string of the molecule is CO[C@H]1C[C@@H](CO)N(C(=O)NCCN2CCC3(CCCCC3)CC2)C1. The number of methoxy groups -OCH3 is 1. The Morgan fingerprint density at radius 2 is 1.92 bits per heavy atom. The van der Waals surface area contributed by atoms with E-state index in [2.05, 4.69) is 10.2 Å². The number of carbonyl (C=O) groups is 1. The molecule has 0 aromatic carbocycles. The lowest BCUT2D eigenvalue weighted by molar-refractivity contribution is 0.0682. The molecule has 25 heavy (non-hydrogen) atoms. The summed E-state index contributed by atoms with van der Waals surface area (Å²) in [5.41, 5.74) is 0.636. The van der Waals surface area contributed by atoms with Gasteiger partial charge in [0.2, 0.25) is 0 Å². The van der Waals surface area contributed by atoms with Gasteiger partial charge in [-0.05, 0) is 50.6 Å². The van der Waals surface area contributed by atoms with Crippen LogP contribution in [0.4, 0.5) is 4.79 Å². The van der Waals surface area contributed by atoms with E-state index in [1.807, 2.05) is 0 Å². The van der Waals surface area contributed by atoms with E-state index in [9.17, 15) is 9.90 Å². The van der Waals surface area contributed by atoms with Crippen molar-refractivity contribution in [3.05, 3.63) is 0 Å². The number of urea groups is 1. The highest BCUT2D eigenvalue weighted by atomic mass is 16.5. The molecule has 3 fully saturated rings. The molecule has 2 heterocycles. The third-order valence-electron chi connectivity index (χ3n) is 6.72. The zero-order valence-electron chi connectivity index (χ0n) is 15.7. The second kappa shape index (κ2) is 8.69. The molecule has 0 radical (unpaired) electrons. The highest BCUT2D eigenvalue weighted by molar-refractivity contribution is 5.75. The molecule has 2 aliphatic heterocycles. The van der Waals surface area contributed by atoms with Gasteiger partial charge in [0.1, 0.15) is 0 Å². The van der Waals surface area contributed by atoms with E-state index in [-0.39, 0.29) is 24.8 Å². The minimum Gasteiger partial charge on any atom is -0.394 e. The number of rotatable bonds is 5. The minimum atomic E-state index is -0.119. The standard InChI is InChI=1S/C19H35N3O3/c1-25-17-13-16(15-23)22(14-17)18(24)20-9-12-21-10-7-19(8-11-21)5-3-2-4-6-19/h16-17,23H,2-15H2,1H3,(H,20,24)/t16-,17-/m0/s1. The largest absolute Gasteiger partial charge is 0.394 e. The van der Waals surface area contributed by atoms with Crippen LogP contribution in [-0.4, -0.2) is 79.5 Å². The van der Waals surface area contributed by atoms with Crippen LogP contribution in [0.2, 0.25) is 0 Å². The topological polar surface area (TPSA) is 65.0 Å². The lowest BCUT2D eigenvalue weighted by atomic mass is 9.68. The predicted octanol–water partition coefficient (Wildman–Crippen LogP) is 1.82. The molecular formula is C19H35N3O3. The van der Waals surface area contributed by atoms with Crippen LogP contribution in [0, 0.1) is 5.41 Å². The first-order valence-corrected chi connectivity index (χ1v) is 10.1. The Morgan fingerprint density at radius 1 is 1.20 bits per heavy atom. The average molecular weight is 354 g/mol. The van der Waals surface area contributed by atoms with Crippen LogP contribution in [0.15, 0.2) is 0 Å². The number of amides is 2. The molecule has 0 bridgehead atoms. The number of aliphatic hydroxyl groups excluding tert-OH is 1. The zero-order valence-corrected chi connectivity index (χ0v) is 15.7. The monoisotopic (exact) mass is 353 g/mol. The Hall–Kier alpha value is -0.850. The van der Waals surface area contributed by atoms with Crippen molar-refractivity contribution < 1.29 is 14.6 Å². The Morgan fingerprint density at radius 3 is 2.56 bits per heavy atom. The maximum Gasteiger partial charge on any atom is 0.317 e. The van der Waals surface area contributed by atoms with Crippen molar-refractivity contribution >= 4 is 6.03 Å². The number of piperidine rings is 1. The van der Waals surface area contributed by atoms with E-state index in [1.165, 1.54) is 58.0 Å². The van der Waals surface area contributed by atoms with Gasteiger partial charge in [-0.15, -0.1) is 0 Å². The minimum absolute atomic E-state index is 0.00148. The van der Waals surface area contributed by atoms with Crippen molar-refractivity contribution in [3.63, 3.8) is 0 Å². The Bertz CT molecular complexity index is 430. The van der Waals surface area contributed by atoms with Gasteiger partial charge in [-0.1, -0.05) is 19.3 Å². The van der Waals surface area contributed by atoms with Gasteiger partial charge in [0, 0.05) is 26.7 Å². The van der Waals surface area contributed by atoms with Crippen molar-refractivity contribution in [3.8, 4) is 0 Å². The molecular weight excluding hydrogens is 318 g/mol. The van der Waals surface area contributed by atoms with Gasteiger partial charge in [0.15, 0.2) is 0 Å². The molecule has 2 saturated heterocycles. The number of ether oxygens (including phenoxy) is 1. The first-order chi connectivity index (χ1) is 12.2. The number of nitrogens with one attached hydrogen (secondary N) is 1. The number of hydrogen-bond acceptors (Lipinski definition) is 4. The van der Waals surface area contributed by atoms with Crippen LogP contribution in [0.5, 0.6) is 0 Å². The van der Waals surface area contributed by atoms with Crippen LogP contribution in [0.25, 0.3) is 0 Å². The van der Waals surface area contributed by atoms with Gasteiger partial charge in [-0.3, -0.25) is 0 Å². The summed E-state index contributed by atoms with van der Waals surface area (Å²) in [6, 6.07) is -0.189. The summed E-state index contributed by atoms with van der Waals surface area (Å²) in [5.74, 6) is 0. The molecule has 2 amide bonds. The number of nitrogens with zero attached hydrogens (tertiary/aromatic N) is 2. The smallest absolute Gasteiger partial charge is 0.317 e. The summed E-state index contributed by atoms with van der Waals surface area (Å²) >= 11 is 0. The van der Waals surface area contributed by atoms with E-state index >= 15 is 0 Å². The van der Waals surface area contributed by atoms with Gasteiger partial charge < -0.3 is 25.0 Å². The fraction of sp³-hybridized carbons (Fsp3) is 0.947. The molecule has 1 spiro atoms. The summed E-state index contributed by atoms with van der Waals surface area (Å²) in [6.45, 7) is 4.52. The van der Waals surface area contributed by atoms with Gasteiger partial charge in [0.25, 0.3) is 0 Å². The number of likely N-dealkylation sites (tertiary alicyclic amines) is 2. The second-order valence-corrected chi connectivity index (χ2v) is 8.22. The van der Waals surface area contributed by atoms with Crippen LogP contribution in [-0.2, 0) is 4.74 Å². The van der Waals surface area contributed by atoms with Crippen LogP contribution >= 0.6 is 0 Å². The molecule has 2 atom stereocenters. The molecule has 2 N–H and O–H groups in total. The van der Waals surface area contributed by atoms with Crippen LogP contribution in [0.3, 0.4) is 0 Å².